The number of aromatic nitrogens is 4. The van der Waals surface area contributed by atoms with E-state index < -0.39 is 26.1 Å². The van der Waals surface area contributed by atoms with Gasteiger partial charge < -0.3 is 39.7 Å². The molecule has 19 heteroatoms. The summed E-state index contributed by atoms with van der Waals surface area (Å²) in [5.74, 6) is 1.30. The summed E-state index contributed by atoms with van der Waals surface area (Å²) in [6, 6.07) is 14.4. The molecule has 50 heavy (non-hydrogen) atoms. The zero-order valence-corrected chi connectivity index (χ0v) is 28.5. The fourth-order valence-electron chi connectivity index (χ4n) is 5.79. The number of phosphoric acid groups is 1. The third-order valence-corrected chi connectivity index (χ3v) is 9.26. The average molecular weight is 723 g/mol. The Hall–Kier alpha value is -5.16. The first-order valence-electron chi connectivity index (χ1n) is 15.4. The van der Waals surface area contributed by atoms with Gasteiger partial charge in [-0.1, -0.05) is 23.7 Å². The molecule has 3 heterocycles. The number of hydrogen-bond donors (Lipinski definition) is 4. The number of amides is 1. The summed E-state index contributed by atoms with van der Waals surface area (Å²) in [6.07, 6.45) is 1.59. The third kappa shape index (κ3) is 7.68. The summed E-state index contributed by atoms with van der Waals surface area (Å²) in [5, 5.41) is 30.1. The second-order valence-electron chi connectivity index (χ2n) is 11.7. The number of nitrogens with zero attached hydrogens (tertiary/aromatic N) is 8. The first-order valence-corrected chi connectivity index (χ1v) is 17.3. The number of anilines is 4. The predicted octanol–water partition coefficient (Wildman–Crippen LogP) is 3.85. The van der Waals surface area contributed by atoms with Gasteiger partial charge in [-0.25, -0.2) is 14.3 Å². The fourth-order valence-corrected chi connectivity index (χ4v) is 6.63. The number of fused-ring (bicyclic) bond motifs is 1. The van der Waals surface area contributed by atoms with E-state index in [4.69, 9.17) is 25.8 Å². The van der Waals surface area contributed by atoms with E-state index >= 15 is 0 Å². The highest BCUT2D eigenvalue weighted by Gasteiger charge is 2.37. The van der Waals surface area contributed by atoms with Gasteiger partial charge in [-0.15, -0.1) is 5.10 Å². The Bertz CT molecular complexity index is 2040. The minimum atomic E-state index is -4.96. The number of benzene rings is 2. The molecule has 0 bridgehead atoms. The van der Waals surface area contributed by atoms with Crippen LogP contribution in [-0.4, -0.2) is 81.0 Å². The molecule has 2 aromatic carbocycles. The topological polar surface area (TPSA) is 223 Å². The van der Waals surface area contributed by atoms with Crippen molar-refractivity contribution in [3.8, 4) is 17.9 Å². The molecule has 2 atom stereocenters. The minimum Gasteiger partial charge on any atom is -0.497 e. The van der Waals surface area contributed by atoms with E-state index in [1.807, 2.05) is 24.3 Å². The molecule has 17 nitrogen and oxygen atoms in total. The Labute approximate surface area is 291 Å². The number of nitriles is 2. The first kappa shape index (κ1) is 34.7. The first-order chi connectivity index (χ1) is 24.0. The molecule has 4 N–H and O–H groups in total. The number of hydrogen-bond acceptors (Lipinski definition) is 13. The Morgan fingerprint density at radius 3 is 2.56 bits per heavy atom. The smallest absolute Gasteiger partial charge is 0.469 e. The van der Waals surface area contributed by atoms with E-state index in [0.717, 1.165) is 24.2 Å². The predicted molar refractivity (Wildman–Crippen MR) is 180 cm³/mol. The molecule has 0 radical (unpaired) electrons. The number of ether oxygens (including phenoxy) is 2. The second kappa shape index (κ2) is 14.4. The van der Waals surface area contributed by atoms with E-state index in [1.54, 1.807) is 18.1 Å². The molecule has 1 saturated heterocycles. The van der Waals surface area contributed by atoms with Gasteiger partial charge in [0.2, 0.25) is 5.95 Å². The van der Waals surface area contributed by atoms with Crippen LogP contribution in [0.4, 0.5) is 27.9 Å². The molecular weight excluding hydrogens is 691 g/mol. The van der Waals surface area contributed by atoms with Crippen molar-refractivity contribution in [2.45, 2.75) is 44.0 Å². The maximum Gasteiger partial charge on any atom is 0.469 e. The van der Waals surface area contributed by atoms with Crippen LogP contribution in [0.25, 0.3) is 5.65 Å². The summed E-state index contributed by atoms with van der Waals surface area (Å²) in [4.78, 5) is 44.2. The second-order valence-corrected chi connectivity index (χ2v) is 13.2. The summed E-state index contributed by atoms with van der Waals surface area (Å²) in [6.45, 7) is 0.685. The summed E-state index contributed by atoms with van der Waals surface area (Å²) >= 11 is 6.95. The molecule has 4 aromatic rings. The van der Waals surface area contributed by atoms with Gasteiger partial charge in [0.1, 0.15) is 17.9 Å². The van der Waals surface area contributed by atoms with Gasteiger partial charge in [0.15, 0.2) is 17.2 Å². The van der Waals surface area contributed by atoms with Crippen LogP contribution in [0.1, 0.15) is 36.1 Å². The number of halogens is 1. The van der Waals surface area contributed by atoms with Crippen LogP contribution in [0.15, 0.2) is 42.6 Å². The third-order valence-electron chi connectivity index (χ3n) is 8.32. The highest BCUT2D eigenvalue weighted by Crippen LogP contribution is 2.42. The number of carbonyl (C=O) groups excluding carboxylic acids is 1. The molecule has 2 fully saturated rings. The number of rotatable bonds is 11. The highest BCUT2D eigenvalue weighted by atomic mass is 35.5. The van der Waals surface area contributed by atoms with Crippen molar-refractivity contribution in [3.63, 3.8) is 0 Å². The molecule has 260 valence electrons. The lowest BCUT2D eigenvalue weighted by Crippen LogP contribution is -2.55. The number of nitrogens with one attached hydrogen (secondary N) is 2. The van der Waals surface area contributed by atoms with E-state index in [-0.39, 0.29) is 53.5 Å². The zero-order valence-electron chi connectivity index (χ0n) is 26.9. The van der Waals surface area contributed by atoms with Gasteiger partial charge in [-0.3, -0.25) is 4.52 Å². The van der Waals surface area contributed by atoms with Crippen LogP contribution in [0.5, 0.6) is 5.75 Å². The number of alkyl carbamates (subject to hydrolysis) is 1. The van der Waals surface area contributed by atoms with Crippen molar-refractivity contribution in [1.82, 2.24) is 24.9 Å². The molecular formula is C31H32ClN10O7P. The van der Waals surface area contributed by atoms with Crippen LogP contribution in [0.2, 0.25) is 5.02 Å². The Morgan fingerprint density at radius 1 is 1.16 bits per heavy atom. The van der Waals surface area contributed by atoms with Crippen LogP contribution >= 0.6 is 19.4 Å². The number of imidazole rings is 1. The molecule has 2 aromatic heterocycles. The minimum absolute atomic E-state index is 0.0778. The molecule has 2 aliphatic rings. The number of phosphoric ester groups is 1. The number of carbonyl (C=O) groups is 1. The Kier molecular flexibility index (Phi) is 9.97. The molecule has 0 spiro atoms. The van der Waals surface area contributed by atoms with Gasteiger partial charge in [0, 0.05) is 25.7 Å². The average Bonchev–Trinajstić information content (AvgIpc) is 3.86. The van der Waals surface area contributed by atoms with Crippen molar-refractivity contribution in [1.29, 1.82) is 10.5 Å². The quantitative estimate of drug-likeness (QED) is 0.161. The molecule has 1 saturated carbocycles. The summed E-state index contributed by atoms with van der Waals surface area (Å²) < 4.78 is 28.2. The maximum atomic E-state index is 11.9. The van der Waals surface area contributed by atoms with Crippen molar-refractivity contribution in [3.05, 3.63) is 64.4 Å². The van der Waals surface area contributed by atoms with Crippen molar-refractivity contribution in [2.75, 3.05) is 42.4 Å². The van der Waals surface area contributed by atoms with Crippen molar-refractivity contribution >= 4 is 54.3 Å². The van der Waals surface area contributed by atoms with E-state index in [0.29, 0.717) is 23.7 Å². The normalized spacial score (nSPS) is 17.5. The van der Waals surface area contributed by atoms with Crippen molar-refractivity contribution in [2.24, 2.45) is 0 Å². The largest absolute Gasteiger partial charge is 0.497 e. The molecule has 6 rings (SSSR count). The standard InChI is InChI=1S/C31H32ClN10O7P/c1-47-22-7-3-18(4-8-22)16-41(20-5-6-20)29-28-35-15-21(14-34)42(28)39-30(38-29)36-24-11-19(13-33)12-25(27(24)32)40-10-9-23(37-31(43)48-2)26(17-40)49-50(44,45)46/h3-4,7-8,11-12,15,20,23,26H,5-6,9-10,16-17H2,1-2H3,(H,36,39)(H,37,43)(H2,44,45,46)/t23-,26-/m1/s1. The number of methoxy groups -OCH3 is 2. The van der Waals surface area contributed by atoms with E-state index in [1.165, 1.54) is 23.9 Å². The van der Waals surface area contributed by atoms with Crippen LogP contribution in [0, 0.1) is 22.7 Å². The summed E-state index contributed by atoms with van der Waals surface area (Å²) in [7, 11) is -2.18. The Balaban J connectivity index is 1.35. The molecule has 1 amide bonds. The maximum absolute atomic E-state index is 11.9. The van der Waals surface area contributed by atoms with Gasteiger partial charge in [-0.05, 0) is 49.1 Å². The summed E-state index contributed by atoms with van der Waals surface area (Å²) in [5.41, 5.74) is 2.44. The monoisotopic (exact) mass is 722 g/mol. The van der Waals surface area contributed by atoms with Gasteiger partial charge in [-0.2, -0.15) is 20.0 Å². The van der Waals surface area contributed by atoms with Crippen LogP contribution in [0.3, 0.4) is 0 Å². The van der Waals surface area contributed by atoms with Crippen molar-refractivity contribution < 1.29 is 33.1 Å². The van der Waals surface area contributed by atoms with Crippen LogP contribution in [-0.2, 0) is 20.4 Å². The highest BCUT2D eigenvalue weighted by molar-refractivity contribution is 7.46. The SMILES string of the molecule is COC(=O)N[C@@H]1CCN(c2cc(C#N)cc(Nc3nc(N(Cc4ccc(OC)cc4)C4CC4)c4ncc(C#N)n4n3)c2Cl)C[C@H]1OP(=O)(O)O. The number of piperidine rings is 1. The van der Waals surface area contributed by atoms with E-state index in [2.05, 4.69) is 42.5 Å². The zero-order chi connectivity index (χ0) is 35.6. The molecule has 1 aliphatic carbocycles. The lowest BCUT2D eigenvalue weighted by Gasteiger charge is -2.39. The van der Waals surface area contributed by atoms with Crippen LogP contribution < -0.4 is 25.2 Å². The lowest BCUT2D eigenvalue weighted by atomic mass is 10.0. The Morgan fingerprint density at radius 2 is 1.92 bits per heavy atom. The van der Waals surface area contributed by atoms with Gasteiger partial charge in [0.25, 0.3) is 0 Å². The molecule has 1 aliphatic heterocycles. The lowest BCUT2D eigenvalue weighted by molar-refractivity contribution is 0.0874. The molecule has 0 unspecified atom stereocenters. The fraction of sp³-hybridized carbons (Fsp3) is 0.355. The van der Waals surface area contributed by atoms with Gasteiger partial charge >= 0.3 is 13.9 Å². The van der Waals surface area contributed by atoms with E-state index in [9.17, 15) is 29.7 Å². The van der Waals surface area contributed by atoms with Gasteiger partial charge in [0.05, 0.1) is 54.5 Å².